The summed E-state index contributed by atoms with van der Waals surface area (Å²) in [5.74, 6) is 0. The fourth-order valence-electron chi connectivity index (χ4n) is 2.12. The first kappa shape index (κ1) is 14.5. The van der Waals surface area contributed by atoms with Gasteiger partial charge in [-0.3, -0.25) is 4.90 Å². The van der Waals surface area contributed by atoms with Crippen molar-refractivity contribution in [1.82, 2.24) is 4.90 Å². The van der Waals surface area contributed by atoms with Crippen LogP contribution in [0.5, 0.6) is 0 Å². The highest BCUT2D eigenvalue weighted by Crippen LogP contribution is 2.31. The van der Waals surface area contributed by atoms with Gasteiger partial charge in [0.15, 0.2) is 0 Å². The Hall–Kier alpha value is -1.55. The molecule has 2 atom stereocenters. The second-order valence-corrected chi connectivity index (χ2v) is 5.42. The number of benzene rings is 1. The lowest BCUT2D eigenvalue weighted by Crippen LogP contribution is -2.50. The predicted molar refractivity (Wildman–Crippen MR) is 70.5 cm³/mol. The van der Waals surface area contributed by atoms with E-state index in [2.05, 4.69) is 0 Å². The molecule has 18 heavy (non-hydrogen) atoms. The second kappa shape index (κ2) is 5.40. The molecule has 0 heterocycles. The highest BCUT2D eigenvalue weighted by molar-refractivity contribution is 5.67. The monoisotopic (exact) mass is 251 g/mol. The van der Waals surface area contributed by atoms with E-state index in [1.807, 2.05) is 51.1 Å². The number of rotatable bonds is 3. The van der Waals surface area contributed by atoms with Crippen molar-refractivity contribution in [2.45, 2.75) is 45.4 Å². The first-order valence-electron chi connectivity index (χ1n) is 6.00. The Labute approximate surface area is 108 Å². The van der Waals surface area contributed by atoms with Crippen LogP contribution in [0.4, 0.5) is 4.79 Å². The number of carboxylic acid groups (broad SMARTS) is 1. The van der Waals surface area contributed by atoms with Crippen LogP contribution in [0.25, 0.3) is 0 Å². The van der Waals surface area contributed by atoms with Crippen molar-refractivity contribution in [2.24, 2.45) is 0 Å². The molecule has 100 valence electrons. The molecule has 0 spiro atoms. The summed E-state index contributed by atoms with van der Waals surface area (Å²) in [6.07, 6.45) is -1.81. The van der Waals surface area contributed by atoms with Crippen LogP contribution in [0.15, 0.2) is 30.3 Å². The summed E-state index contributed by atoms with van der Waals surface area (Å²) >= 11 is 0. The molecule has 4 heteroatoms. The maximum absolute atomic E-state index is 11.5. The van der Waals surface area contributed by atoms with Crippen molar-refractivity contribution in [3.8, 4) is 0 Å². The molecule has 1 rings (SSSR count). The lowest BCUT2D eigenvalue weighted by Gasteiger charge is -2.41. The van der Waals surface area contributed by atoms with Gasteiger partial charge in [-0.05, 0) is 33.3 Å². The quantitative estimate of drug-likeness (QED) is 0.868. The van der Waals surface area contributed by atoms with Gasteiger partial charge in [-0.15, -0.1) is 0 Å². The van der Waals surface area contributed by atoms with E-state index in [-0.39, 0.29) is 0 Å². The third kappa shape index (κ3) is 3.23. The summed E-state index contributed by atoms with van der Waals surface area (Å²) in [4.78, 5) is 12.8. The van der Waals surface area contributed by atoms with Crippen molar-refractivity contribution in [2.75, 3.05) is 0 Å². The normalized spacial score (nSPS) is 14.9. The minimum absolute atomic E-state index is 0.566. The molecule has 0 aliphatic carbocycles. The molecular formula is C14H21NO3. The molecule has 0 saturated heterocycles. The number of aliphatic hydroxyl groups is 1. The van der Waals surface area contributed by atoms with Crippen molar-refractivity contribution >= 4 is 6.09 Å². The molecule has 0 radical (unpaired) electrons. The van der Waals surface area contributed by atoms with E-state index in [1.165, 1.54) is 4.90 Å². The van der Waals surface area contributed by atoms with E-state index in [4.69, 9.17) is 0 Å². The largest absolute Gasteiger partial charge is 0.465 e. The molecule has 1 amide bonds. The van der Waals surface area contributed by atoms with Gasteiger partial charge in [0.1, 0.15) is 0 Å². The summed E-state index contributed by atoms with van der Waals surface area (Å²) in [6.45, 7) is 7.07. The molecule has 0 fully saturated rings. The standard InChI is InChI=1S/C14H21NO3/c1-10(16)12(11-8-6-5-7-9-11)15(13(17)18)14(2,3)4/h5-10,12,16H,1-4H3,(H,17,18)/t10?,12-/m1/s1. The Kier molecular flexibility index (Phi) is 4.35. The topological polar surface area (TPSA) is 60.8 Å². The third-order valence-corrected chi connectivity index (χ3v) is 2.80. The predicted octanol–water partition coefficient (Wildman–Crippen LogP) is 2.89. The van der Waals surface area contributed by atoms with Crippen LogP contribution < -0.4 is 0 Å². The van der Waals surface area contributed by atoms with Crippen LogP contribution >= 0.6 is 0 Å². The number of hydrogen-bond donors (Lipinski definition) is 2. The summed E-state index contributed by atoms with van der Waals surface area (Å²) in [7, 11) is 0. The molecule has 1 unspecified atom stereocenters. The number of aliphatic hydroxyl groups excluding tert-OH is 1. The van der Waals surface area contributed by atoms with Gasteiger partial charge >= 0.3 is 6.09 Å². The smallest absolute Gasteiger partial charge is 0.408 e. The van der Waals surface area contributed by atoms with E-state index >= 15 is 0 Å². The highest BCUT2D eigenvalue weighted by atomic mass is 16.4. The Morgan fingerprint density at radius 2 is 1.72 bits per heavy atom. The fourth-order valence-corrected chi connectivity index (χ4v) is 2.12. The Bertz CT molecular complexity index is 395. The number of hydrogen-bond acceptors (Lipinski definition) is 2. The van der Waals surface area contributed by atoms with Gasteiger partial charge in [-0.25, -0.2) is 4.79 Å². The van der Waals surface area contributed by atoms with Crippen LogP contribution in [0.1, 0.15) is 39.3 Å². The van der Waals surface area contributed by atoms with E-state index in [0.717, 1.165) is 5.56 Å². The summed E-state index contributed by atoms with van der Waals surface area (Å²) in [5, 5.41) is 19.3. The Morgan fingerprint density at radius 1 is 1.22 bits per heavy atom. The van der Waals surface area contributed by atoms with Crippen LogP contribution in [0.2, 0.25) is 0 Å². The zero-order chi connectivity index (χ0) is 13.9. The van der Waals surface area contributed by atoms with Gasteiger partial charge in [0.25, 0.3) is 0 Å². The molecule has 0 aliphatic heterocycles. The first-order chi connectivity index (χ1) is 8.25. The van der Waals surface area contributed by atoms with E-state index in [0.29, 0.717) is 0 Å². The van der Waals surface area contributed by atoms with Crippen LogP contribution in [0.3, 0.4) is 0 Å². The third-order valence-electron chi connectivity index (χ3n) is 2.80. The summed E-state index contributed by atoms with van der Waals surface area (Å²) in [5.41, 5.74) is 0.216. The van der Waals surface area contributed by atoms with Crippen LogP contribution in [-0.2, 0) is 0 Å². The van der Waals surface area contributed by atoms with Gasteiger partial charge in [-0.2, -0.15) is 0 Å². The molecule has 0 aromatic heterocycles. The minimum Gasteiger partial charge on any atom is -0.465 e. The molecule has 0 aliphatic rings. The SMILES string of the molecule is CC(O)[C@H](c1ccccc1)N(C(=O)O)C(C)(C)C. The molecule has 0 bridgehead atoms. The van der Waals surface area contributed by atoms with Crippen molar-refractivity contribution < 1.29 is 15.0 Å². The highest BCUT2D eigenvalue weighted by Gasteiger charge is 2.36. The number of amides is 1. The number of carbonyl (C=O) groups is 1. The maximum Gasteiger partial charge on any atom is 0.408 e. The van der Waals surface area contributed by atoms with Crippen LogP contribution in [-0.4, -0.2) is 32.8 Å². The van der Waals surface area contributed by atoms with Crippen molar-refractivity contribution in [3.63, 3.8) is 0 Å². The maximum atomic E-state index is 11.5. The lowest BCUT2D eigenvalue weighted by molar-refractivity contribution is 0.0132. The number of nitrogens with zero attached hydrogens (tertiary/aromatic N) is 1. The van der Waals surface area contributed by atoms with E-state index in [1.54, 1.807) is 6.92 Å². The zero-order valence-electron chi connectivity index (χ0n) is 11.3. The van der Waals surface area contributed by atoms with Gasteiger partial charge < -0.3 is 10.2 Å². The molecule has 2 N–H and O–H groups in total. The average molecular weight is 251 g/mol. The molecule has 4 nitrogen and oxygen atoms in total. The van der Waals surface area contributed by atoms with Crippen molar-refractivity contribution in [3.05, 3.63) is 35.9 Å². The molecule has 1 aromatic carbocycles. The zero-order valence-corrected chi connectivity index (χ0v) is 11.3. The van der Waals surface area contributed by atoms with Gasteiger partial charge in [0, 0.05) is 5.54 Å². The summed E-state index contributed by atoms with van der Waals surface area (Å²) in [6, 6.07) is 8.65. The fraction of sp³-hybridized carbons (Fsp3) is 0.500. The van der Waals surface area contributed by atoms with Gasteiger partial charge in [0.2, 0.25) is 0 Å². The van der Waals surface area contributed by atoms with Crippen molar-refractivity contribution in [1.29, 1.82) is 0 Å². The lowest BCUT2D eigenvalue weighted by atomic mass is 9.95. The van der Waals surface area contributed by atoms with Gasteiger partial charge in [-0.1, -0.05) is 30.3 Å². The van der Waals surface area contributed by atoms with Crippen LogP contribution in [0, 0.1) is 0 Å². The van der Waals surface area contributed by atoms with E-state index in [9.17, 15) is 15.0 Å². The molecule has 1 aromatic rings. The molecular weight excluding hydrogens is 230 g/mol. The molecule has 0 saturated carbocycles. The Morgan fingerprint density at radius 3 is 2.06 bits per heavy atom. The van der Waals surface area contributed by atoms with Gasteiger partial charge in [0.05, 0.1) is 12.1 Å². The Balaban J connectivity index is 3.23. The first-order valence-corrected chi connectivity index (χ1v) is 6.00. The minimum atomic E-state index is -1.03. The second-order valence-electron chi connectivity index (χ2n) is 5.42. The summed E-state index contributed by atoms with van der Waals surface area (Å²) < 4.78 is 0. The van der Waals surface area contributed by atoms with E-state index < -0.39 is 23.8 Å². The average Bonchev–Trinajstić information content (AvgIpc) is 2.24.